The van der Waals surface area contributed by atoms with E-state index >= 15 is 0 Å². The lowest BCUT2D eigenvalue weighted by molar-refractivity contribution is -0.111. The van der Waals surface area contributed by atoms with E-state index < -0.39 is 0 Å². The Balaban J connectivity index is 1.27. The Labute approximate surface area is 213 Å². The van der Waals surface area contributed by atoms with E-state index in [1.807, 2.05) is 35.7 Å². The smallest absolute Gasteiger partial charge is 0.247 e. The van der Waals surface area contributed by atoms with Gasteiger partial charge in [0.15, 0.2) is 0 Å². The SMILES string of the molecule is C=CC(=O)Nc1cccc(Oc2nc(Nc3ccc(OCCN4CCCC4)cc3)nc3ccsc23)c1. The number of anilines is 3. The van der Waals surface area contributed by atoms with Gasteiger partial charge in [0.25, 0.3) is 0 Å². The van der Waals surface area contributed by atoms with E-state index in [9.17, 15) is 4.79 Å². The van der Waals surface area contributed by atoms with Gasteiger partial charge in [0.1, 0.15) is 22.8 Å². The molecule has 0 unspecified atom stereocenters. The van der Waals surface area contributed by atoms with Crippen LogP contribution < -0.4 is 20.1 Å². The number of rotatable bonds is 10. The minimum absolute atomic E-state index is 0.288. The first-order valence-electron chi connectivity index (χ1n) is 11.8. The van der Waals surface area contributed by atoms with Crippen molar-refractivity contribution in [3.63, 3.8) is 0 Å². The lowest BCUT2D eigenvalue weighted by Gasteiger charge is -2.15. The topological polar surface area (TPSA) is 88.6 Å². The number of carbonyl (C=O) groups is 1. The van der Waals surface area contributed by atoms with Gasteiger partial charge < -0.3 is 20.1 Å². The van der Waals surface area contributed by atoms with Crippen molar-refractivity contribution in [2.45, 2.75) is 12.8 Å². The number of aromatic nitrogens is 2. The van der Waals surface area contributed by atoms with Crippen LogP contribution >= 0.6 is 11.3 Å². The molecule has 0 bridgehead atoms. The van der Waals surface area contributed by atoms with Gasteiger partial charge in [-0.2, -0.15) is 4.98 Å². The Hall–Kier alpha value is -3.95. The predicted molar refractivity (Wildman–Crippen MR) is 144 cm³/mol. The minimum Gasteiger partial charge on any atom is -0.492 e. The average molecular weight is 502 g/mol. The number of hydrogen-bond donors (Lipinski definition) is 2. The van der Waals surface area contributed by atoms with Crippen molar-refractivity contribution in [3.05, 3.63) is 72.6 Å². The van der Waals surface area contributed by atoms with Gasteiger partial charge in [0.2, 0.25) is 17.7 Å². The number of likely N-dealkylation sites (tertiary alicyclic amines) is 1. The fourth-order valence-electron chi connectivity index (χ4n) is 3.97. The van der Waals surface area contributed by atoms with Crippen molar-refractivity contribution >= 4 is 44.8 Å². The van der Waals surface area contributed by atoms with Crippen LogP contribution in [0.5, 0.6) is 17.4 Å². The van der Waals surface area contributed by atoms with E-state index in [0.29, 0.717) is 29.9 Å². The lowest BCUT2D eigenvalue weighted by Crippen LogP contribution is -2.25. The van der Waals surface area contributed by atoms with Crippen molar-refractivity contribution in [3.8, 4) is 17.4 Å². The Kier molecular flexibility index (Phi) is 7.39. The van der Waals surface area contributed by atoms with E-state index in [1.165, 1.54) is 43.3 Å². The molecule has 9 heteroatoms. The number of amides is 1. The first-order valence-corrected chi connectivity index (χ1v) is 12.7. The molecular weight excluding hydrogens is 474 g/mol. The van der Waals surface area contributed by atoms with Crippen LogP contribution in [-0.2, 0) is 4.79 Å². The van der Waals surface area contributed by atoms with Crippen molar-refractivity contribution < 1.29 is 14.3 Å². The van der Waals surface area contributed by atoms with Gasteiger partial charge in [0.05, 0.1) is 5.52 Å². The molecule has 4 aromatic rings. The second kappa shape index (κ2) is 11.2. The van der Waals surface area contributed by atoms with Crippen molar-refractivity contribution in [2.75, 3.05) is 36.9 Å². The quantitative estimate of drug-likeness (QED) is 0.265. The average Bonchev–Trinajstić information content (AvgIpc) is 3.58. The maximum absolute atomic E-state index is 11.6. The van der Waals surface area contributed by atoms with Gasteiger partial charge in [0, 0.05) is 24.0 Å². The molecule has 184 valence electrons. The van der Waals surface area contributed by atoms with Crippen LogP contribution in [0.25, 0.3) is 10.2 Å². The third-order valence-electron chi connectivity index (χ3n) is 5.76. The Bertz CT molecular complexity index is 1350. The molecule has 1 aliphatic rings. The molecular formula is C27H27N5O3S. The first kappa shape index (κ1) is 23.8. The number of nitrogens with zero attached hydrogens (tertiary/aromatic N) is 3. The van der Waals surface area contributed by atoms with Crippen LogP contribution in [0, 0.1) is 0 Å². The highest BCUT2D eigenvalue weighted by molar-refractivity contribution is 7.17. The Morgan fingerprint density at radius 2 is 1.89 bits per heavy atom. The summed E-state index contributed by atoms with van der Waals surface area (Å²) in [6.45, 7) is 7.46. The summed E-state index contributed by atoms with van der Waals surface area (Å²) in [7, 11) is 0. The number of benzene rings is 2. The monoisotopic (exact) mass is 501 g/mol. The molecule has 0 spiro atoms. The van der Waals surface area contributed by atoms with Crippen LogP contribution in [0.3, 0.4) is 0 Å². The van der Waals surface area contributed by atoms with Gasteiger partial charge in [-0.1, -0.05) is 12.6 Å². The molecule has 0 radical (unpaired) electrons. The molecule has 8 nitrogen and oxygen atoms in total. The Morgan fingerprint density at radius 1 is 1.06 bits per heavy atom. The zero-order valence-electron chi connectivity index (χ0n) is 19.8. The van der Waals surface area contributed by atoms with E-state index in [1.54, 1.807) is 24.3 Å². The fourth-order valence-corrected chi connectivity index (χ4v) is 4.72. The third-order valence-corrected chi connectivity index (χ3v) is 6.65. The fraction of sp³-hybridized carbons (Fsp3) is 0.222. The highest BCUT2D eigenvalue weighted by Crippen LogP contribution is 2.33. The molecule has 0 atom stereocenters. The zero-order valence-corrected chi connectivity index (χ0v) is 20.6. The normalized spacial score (nSPS) is 13.4. The molecule has 0 saturated carbocycles. The van der Waals surface area contributed by atoms with E-state index in [4.69, 9.17) is 9.47 Å². The molecule has 0 aliphatic carbocycles. The molecule has 1 aliphatic heterocycles. The molecule has 1 amide bonds. The van der Waals surface area contributed by atoms with Gasteiger partial charge in [-0.15, -0.1) is 11.3 Å². The van der Waals surface area contributed by atoms with Crippen molar-refractivity contribution in [1.82, 2.24) is 14.9 Å². The van der Waals surface area contributed by atoms with Gasteiger partial charge >= 0.3 is 0 Å². The minimum atomic E-state index is -0.288. The summed E-state index contributed by atoms with van der Waals surface area (Å²) >= 11 is 1.50. The molecule has 2 aromatic heterocycles. The maximum atomic E-state index is 11.6. The Morgan fingerprint density at radius 3 is 2.69 bits per heavy atom. The van der Waals surface area contributed by atoms with Crippen LogP contribution in [0.1, 0.15) is 12.8 Å². The third kappa shape index (κ3) is 5.99. The number of hydrogen-bond acceptors (Lipinski definition) is 8. The summed E-state index contributed by atoms with van der Waals surface area (Å²) < 4.78 is 12.8. The van der Waals surface area contributed by atoms with E-state index in [2.05, 4.69) is 32.1 Å². The van der Waals surface area contributed by atoms with E-state index in [0.717, 1.165) is 28.2 Å². The summed E-state index contributed by atoms with van der Waals surface area (Å²) in [5.74, 6) is 1.96. The molecule has 3 heterocycles. The summed E-state index contributed by atoms with van der Waals surface area (Å²) in [5.41, 5.74) is 2.23. The standard InChI is InChI=1S/C27H27N5O3S/c1-2-24(33)28-20-6-5-7-22(18-20)35-26-25-23(12-17-36-25)30-27(31-26)29-19-8-10-21(11-9-19)34-16-15-32-13-3-4-14-32/h2,5-12,17-18H,1,3-4,13-16H2,(H,28,33)(H,29,30,31). The molecule has 1 saturated heterocycles. The molecule has 2 N–H and O–H groups in total. The molecule has 2 aromatic carbocycles. The highest BCUT2D eigenvalue weighted by Gasteiger charge is 2.13. The van der Waals surface area contributed by atoms with Gasteiger partial charge in [-0.3, -0.25) is 9.69 Å². The summed E-state index contributed by atoms with van der Waals surface area (Å²) in [6, 6.07) is 16.8. The van der Waals surface area contributed by atoms with Crippen molar-refractivity contribution in [1.29, 1.82) is 0 Å². The summed E-state index contributed by atoms with van der Waals surface area (Å²) in [5, 5.41) is 7.94. The molecule has 5 rings (SSSR count). The summed E-state index contributed by atoms with van der Waals surface area (Å²) in [6.07, 6.45) is 3.79. The number of carbonyl (C=O) groups excluding carboxylic acids is 1. The van der Waals surface area contributed by atoms with Crippen LogP contribution in [0.2, 0.25) is 0 Å². The van der Waals surface area contributed by atoms with Gasteiger partial charge in [-0.25, -0.2) is 4.98 Å². The number of thiophene rings is 1. The second-order valence-electron chi connectivity index (χ2n) is 8.36. The van der Waals surface area contributed by atoms with Crippen molar-refractivity contribution in [2.24, 2.45) is 0 Å². The van der Waals surface area contributed by atoms with Crippen LogP contribution in [0.4, 0.5) is 17.3 Å². The molecule has 1 fully saturated rings. The predicted octanol–water partition coefficient (Wildman–Crippen LogP) is 5.83. The number of fused-ring (bicyclic) bond motifs is 1. The highest BCUT2D eigenvalue weighted by atomic mass is 32.1. The molecule has 36 heavy (non-hydrogen) atoms. The summed E-state index contributed by atoms with van der Waals surface area (Å²) in [4.78, 5) is 23.3. The number of nitrogens with one attached hydrogen (secondary N) is 2. The van der Waals surface area contributed by atoms with Gasteiger partial charge in [-0.05, 0) is 79.9 Å². The first-order chi connectivity index (χ1) is 17.7. The van der Waals surface area contributed by atoms with E-state index in [-0.39, 0.29) is 5.91 Å². The largest absolute Gasteiger partial charge is 0.492 e. The number of ether oxygens (including phenoxy) is 2. The van der Waals surface area contributed by atoms with Crippen LogP contribution in [0.15, 0.2) is 72.6 Å². The maximum Gasteiger partial charge on any atom is 0.247 e. The van der Waals surface area contributed by atoms with Crippen LogP contribution in [-0.4, -0.2) is 47.0 Å². The lowest BCUT2D eigenvalue weighted by atomic mass is 10.3. The second-order valence-corrected chi connectivity index (χ2v) is 9.27. The zero-order chi connectivity index (χ0) is 24.7.